The van der Waals surface area contributed by atoms with E-state index in [1.54, 1.807) is 0 Å². The summed E-state index contributed by atoms with van der Waals surface area (Å²) in [7, 11) is 0. The van der Waals surface area contributed by atoms with Gasteiger partial charge in [-0.3, -0.25) is 0 Å². The minimum atomic E-state index is 0.146. The Bertz CT molecular complexity index is 416. The standard InChI is InChI=1S/C15H23NO/c1-10(2)11-6-7-12(15(3,4)5)13-14(11)17-9-8-16-13/h6-7,10,16H,8-9H2,1-5H3. The summed E-state index contributed by atoms with van der Waals surface area (Å²) in [5.74, 6) is 1.57. The molecule has 0 amide bonds. The molecule has 0 spiro atoms. The van der Waals surface area contributed by atoms with E-state index in [4.69, 9.17) is 4.74 Å². The van der Waals surface area contributed by atoms with Crippen molar-refractivity contribution in [3.63, 3.8) is 0 Å². The fraction of sp³-hybridized carbons (Fsp3) is 0.600. The lowest BCUT2D eigenvalue weighted by atomic mass is 9.83. The Hall–Kier alpha value is -1.18. The van der Waals surface area contributed by atoms with Crippen LogP contribution in [0.4, 0.5) is 5.69 Å². The minimum Gasteiger partial charge on any atom is -0.489 e. The maximum absolute atomic E-state index is 5.89. The zero-order chi connectivity index (χ0) is 12.6. The van der Waals surface area contributed by atoms with Crippen LogP contribution in [-0.4, -0.2) is 13.2 Å². The lowest BCUT2D eigenvalue weighted by Crippen LogP contribution is -2.24. The van der Waals surface area contributed by atoms with E-state index >= 15 is 0 Å². The molecule has 0 aliphatic carbocycles. The number of rotatable bonds is 1. The summed E-state index contributed by atoms with van der Waals surface area (Å²) in [6.07, 6.45) is 0. The molecular formula is C15H23NO. The first kappa shape index (κ1) is 12.3. The lowest BCUT2D eigenvalue weighted by molar-refractivity contribution is 0.317. The molecule has 17 heavy (non-hydrogen) atoms. The molecule has 0 radical (unpaired) electrons. The van der Waals surface area contributed by atoms with Crippen molar-refractivity contribution in [1.29, 1.82) is 0 Å². The van der Waals surface area contributed by atoms with Crippen molar-refractivity contribution < 1.29 is 4.74 Å². The number of hydrogen-bond donors (Lipinski definition) is 1. The van der Waals surface area contributed by atoms with Gasteiger partial charge in [0, 0.05) is 6.54 Å². The van der Waals surface area contributed by atoms with Crippen LogP contribution in [0.5, 0.6) is 5.75 Å². The van der Waals surface area contributed by atoms with Crippen LogP contribution in [0.1, 0.15) is 51.7 Å². The Morgan fingerprint density at radius 1 is 1.24 bits per heavy atom. The topological polar surface area (TPSA) is 21.3 Å². The molecule has 0 bridgehead atoms. The molecule has 1 aliphatic heterocycles. The van der Waals surface area contributed by atoms with Crippen molar-refractivity contribution in [3.05, 3.63) is 23.3 Å². The van der Waals surface area contributed by atoms with Crippen molar-refractivity contribution in [2.45, 2.75) is 46.0 Å². The first-order valence-electron chi connectivity index (χ1n) is 6.45. The van der Waals surface area contributed by atoms with Crippen LogP contribution in [0.2, 0.25) is 0 Å². The Balaban J connectivity index is 2.59. The molecule has 1 heterocycles. The van der Waals surface area contributed by atoms with Crippen LogP contribution in [0.15, 0.2) is 12.1 Å². The number of benzene rings is 1. The zero-order valence-electron chi connectivity index (χ0n) is 11.6. The predicted molar refractivity (Wildman–Crippen MR) is 73.2 cm³/mol. The third-order valence-corrected chi connectivity index (χ3v) is 3.27. The second-order valence-electron chi connectivity index (χ2n) is 6.09. The molecule has 2 heteroatoms. The summed E-state index contributed by atoms with van der Waals surface area (Å²) in [6.45, 7) is 12.8. The highest BCUT2D eigenvalue weighted by Gasteiger charge is 2.25. The van der Waals surface area contributed by atoms with Gasteiger partial charge in [-0.1, -0.05) is 46.8 Å². The summed E-state index contributed by atoms with van der Waals surface area (Å²) in [5.41, 5.74) is 4.00. The summed E-state index contributed by atoms with van der Waals surface area (Å²) >= 11 is 0. The van der Waals surface area contributed by atoms with E-state index in [0.29, 0.717) is 5.92 Å². The second kappa shape index (κ2) is 4.25. The number of fused-ring (bicyclic) bond motifs is 1. The minimum absolute atomic E-state index is 0.146. The normalized spacial score (nSPS) is 15.2. The molecule has 1 aliphatic rings. The Morgan fingerprint density at radius 3 is 2.53 bits per heavy atom. The first-order valence-corrected chi connectivity index (χ1v) is 6.45. The molecule has 0 saturated carbocycles. The van der Waals surface area contributed by atoms with Crippen LogP contribution in [0.3, 0.4) is 0 Å². The van der Waals surface area contributed by atoms with Crippen LogP contribution in [0, 0.1) is 0 Å². The average molecular weight is 233 g/mol. The van der Waals surface area contributed by atoms with Crippen molar-refractivity contribution in [2.75, 3.05) is 18.5 Å². The van der Waals surface area contributed by atoms with E-state index in [1.165, 1.54) is 16.8 Å². The first-order chi connectivity index (χ1) is 7.91. The third-order valence-electron chi connectivity index (χ3n) is 3.27. The number of nitrogens with one attached hydrogen (secondary N) is 1. The molecule has 1 aromatic rings. The van der Waals surface area contributed by atoms with Gasteiger partial charge in [0.25, 0.3) is 0 Å². The predicted octanol–water partition coefficient (Wildman–Crippen LogP) is 3.91. The number of anilines is 1. The van der Waals surface area contributed by atoms with Crippen LogP contribution in [-0.2, 0) is 5.41 Å². The van der Waals surface area contributed by atoms with Gasteiger partial charge in [-0.05, 0) is 22.5 Å². The second-order valence-corrected chi connectivity index (χ2v) is 6.09. The monoisotopic (exact) mass is 233 g/mol. The largest absolute Gasteiger partial charge is 0.489 e. The van der Waals surface area contributed by atoms with Crippen molar-refractivity contribution in [3.8, 4) is 5.75 Å². The van der Waals surface area contributed by atoms with Crippen LogP contribution < -0.4 is 10.1 Å². The molecule has 94 valence electrons. The summed E-state index contributed by atoms with van der Waals surface area (Å²) in [4.78, 5) is 0. The van der Waals surface area contributed by atoms with E-state index in [2.05, 4.69) is 52.1 Å². The fourth-order valence-corrected chi connectivity index (χ4v) is 2.34. The van der Waals surface area contributed by atoms with E-state index < -0.39 is 0 Å². The third kappa shape index (κ3) is 2.26. The lowest BCUT2D eigenvalue weighted by Gasteiger charge is -2.30. The molecule has 2 nitrogen and oxygen atoms in total. The Kier molecular flexibility index (Phi) is 3.07. The number of ether oxygens (including phenoxy) is 1. The van der Waals surface area contributed by atoms with Crippen molar-refractivity contribution in [1.82, 2.24) is 0 Å². The van der Waals surface area contributed by atoms with E-state index in [9.17, 15) is 0 Å². The molecule has 0 saturated heterocycles. The van der Waals surface area contributed by atoms with Crippen LogP contribution >= 0.6 is 0 Å². The fourth-order valence-electron chi connectivity index (χ4n) is 2.34. The van der Waals surface area contributed by atoms with E-state index in [0.717, 1.165) is 18.9 Å². The van der Waals surface area contributed by atoms with Gasteiger partial charge in [0.2, 0.25) is 0 Å². The van der Waals surface area contributed by atoms with Gasteiger partial charge >= 0.3 is 0 Å². The molecule has 0 fully saturated rings. The van der Waals surface area contributed by atoms with Crippen molar-refractivity contribution in [2.24, 2.45) is 0 Å². The maximum atomic E-state index is 5.89. The van der Waals surface area contributed by atoms with Crippen molar-refractivity contribution >= 4 is 5.69 Å². The molecule has 1 aromatic carbocycles. The Morgan fingerprint density at radius 2 is 1.94 bits per heavy atom. The summed E-state index contributed by atoms with van der Waals surface area (Å²) in [5, 5.41) is 3.51. The summed E-state index contributed by atoms with van der Waals surface area (Å²) < 4.78 is 5.89. The van der Waals surface area contributed by atoms with Gasteiger partial charge in [0.1, 0.15) is 12.4 Å². The van der Waals surface area contributed by atoms with Crippen LogP contribution in [0.25, 0.3) is 0 Å². The van der Waals surface area contributed by atoms with Gasteiger partial charge in [-0.2, -0.15) is 0 Å². The van der Waals surface area contributed by atoms with Gasteiger partial charge in [0.15, 0.2) is 0 Å². The zero-order valence-corrected chi connectivity index (χ0v) is 11.6. The molecule has 0 atom stereocenters. The van der Waals surface area contributed by atoms with Gasteiger partial charge in [-0.25, -0.2) is 0 Å². The summed E-state index contributed by atoms with van der Waals surface area (Å²) in [6, 6.07) is 4.47. The quantitative estimate of drug-likeness (QED) is 0.794. The van der Waals surface area contributed by atoms with Gasteiger partial charge < -0.3 is 10.1 Å². The molecular weight excluding hydrogens is 210 g/mol. The van der Waals surface area contributed by atoms with E-state index in [-0.39, 0.29) is 5.41 Å². The molecule has 0 aromatic heterocycles. The highest BCUT2D eigenvalue weighted by molar-refractivity contribution is 5.68. The SMILES string of the molecule is CC(C)c1ccc(C(C)(C)C)c2c1OCCN2. The molecule has 0 unspecified atom stereocenters. The Labute approximate surface area is 104 Å². The van der Waals surface area contributed by atoms with Gasteiger partial charge in [0.05, 0.1) is 5.69 Å². The highest BCUT2D eigenvalue weighted by Crippen LogP contribution is 2.42. The molecule has 1 N–H and O–H groups in total. The molecule has 2 rings (SSSR count). The van der Waals surface area contributed by atoms with Gasteiger partial charge in [-0.15, -0.1) is 0 Å². The maximum Gasteiger partial charge on any atom is 0.146 e. The number of hydrogen-bond acceptors (Lipinski definition) is 2. The average Bonchev–Trinajstić information content (AvgIpc) is 2.26. The smallest absolute Gasteiger partial charge is 0.146 e. The van der Waals surface area contributed by atoms with E-state index in [1.807, 2.05) is 0 Å². The highest BCUT2D eigenvalue weighted by atomic mass is 16.5.